The molecule has 5 nitrogen and oxygen atoms in total. The first-order valence-corrected chi connectivity index (χ1v) is 8.20. The van der Waals surface area contributed by atoms with Crippen molar-refractivity contribution in [1.82, 2.24) is 0 Å². The van der Waals surface area contributed by atoms with Crippen LogP contribution in [0.3, 0.4) is 0 Å². The van der Waals surface area contributed by atoms with Crippen LogP contribution in [0.5, 0.6) is 0 Å². The summed E-state index contributed by atoms with van der Waals surface area (Å²) in [7, 11) is -3.51. The van der Waals surface area contributed by atoms with Crippen LogP contribution in [0.2, 0.25) is 0 Å². The summed E-state index contributed by atoms with van der Waals surface area (Å²) in [6.45, 7) is 2.00. The van der Waals surface area contributed by atoms with Crippen molar-refractivity contribution >= 4 is 26.7 Å². The number of para-hydroxylation sites is 1. The van der Waals surface area contributed by atoms with E-state index >= 15 is 0 Å². The lowest BCUT2D eigenvalue weighted by Crippen LogP contribution is -2.21. The lowest BCUT2D eigenvalue weighted by Gasteiger charge is -2.07. The van der Waals surface area contributed by atoms with E-state index in [4.69, 9.17) is 4.42 Å². The third kappa shape index (κ3) is 3.60. The van der Waals surface area contributed by atoms with E-state index in [-0.39, 0.29) is 11.4 Å². The fourth-order valence-corrected chi connectivity index (χ4v) is 3.06. The molecule has 2 aromatic rings. The second-order valence-electron chi connectivity index (χ2n) is 4.61. The molecule has 6 heteroatoms. The van der Waals surface area contributed by atoms with E-state index in [1.165, 1.54) is 6.07 Å². The van der Waals surface area contributed by atoms with Crippen molar-refractivity contribution in [2.24, 2.45) is 0 Å². The number of rotatable bonds is 6. The molecule has 1 N–H and O–H groups in total. The largest absolute Gasteiger partial charge is 0.421 e. The first-order valence-electron chi connectivity index (χ1n) is 6.55. The predicted molar refractivity (Wildman–Crippen MR) is 79.4 cm³/mol. The Bertz CT molecular complexity index is 749. The van der Waals surface area contributed by atoms with Gasteiger partial charge in [0.2, 0.25) is 10.0 Å². The number of anilines is 1. The van der Waals surface area contributed by atoms with Crippen LogP contribution < -0.4 is 10.3 Å². The zero-order valence-electron chi connectivity index (χ0n) is 11.3. The highest BCUT2D eigenvalue weighted by molar-refractivity contribution is 7.92. The molecule has 0 aliphatic carbocycles. The van der Waals surface area contributed by atoms with Crippen LogP contribution in [0.15, 0.2) is 39.5 Å². The van der Waals surface area contributed by atoms with Gasteiger partial charge in [-0.15, -0.1) is 0 Å². The van der Waals surface area contributed by atoms with Crippen molar-refractivity contribution in [3.8, 4) is 0 Å². The standard InChI is InChI=1S/C14H17NO4S/c1-2-3-6-9-20(17,18)15-12-10-11-7-4-5-8-13(11)19-14(12)16/h4-5,7-8,10,15H,2-3,6,9H2,1H3. The maximum Gasteiger partial charge on any atom is 0.360 e. The van der Waals surface area contributed by atoms with Gasteiger partial charge in [0.05, 0.1) is 5.75 Å². The minimum absolute atomic E-state index is 0.00705. The highest BCUT2D eigenvalue weighted by Gasteiger charge is 2.13. The number of fused-ring (bicyclic) bond motifs is 1. The van der Waals surface area contributed by atoms with E-state index in [9.17, 15) is 13.2 Å². The Balaban J connectivity index is 2.25. The van der Waals surface area contributed by atoms with Gasteiger partial charge in [0.25, 0.3) is 0 Å². The van der Waals surface area contributed by atoms with E-state index in [0.29, 0.717) is 17.4 Å². The van der Waals surface area contributed by atoms with E-state index in [0.717, 1.165) is 12.8 Å². The Morgan fingerprint density at radius 1 is 1.20 bits per heavy atom. The molecule has 0 unspecified atom stereocenters. The first-order chi connectivity index (χ1) is 9.52. The summed E-state index contributed by atoms with van der Waals surface area (Å²) < 4.78 is 31.1. The Morgan fingerprint density at radius 3 is 2.70 bits per heavy atom. The number of sulfonamides is 1. The number of hydrogen-bond donors (Lipinski definition) is 1. The monoisotopic (exact) mass is 295 g/mol. The molecule has 0 amide bonds. The van der Waals surface area contributed by atoms with Gasteiger partial charge >= 0.3 is 5.63 Å². The van der Waals surface area contributed by atoms with Gasteiger partial charge in [-0.2, -0.15) is 0 Å². The van der Waals surface area contributed by atoms with E-state index in [1.54, 1.807) is 24.3 Å². The highest BCUT2D eigenvalue weighted by atomic mass is 32.2. The molecule has 0 fully saturated rings. The van der Waals surface area contributed by atoms with Gasteiger partial charge in [-0.05, 0) is 18.6 Å². The summed E-state index contributed by atoms with van der Waals surface area (Å²) in [5, 5.41) is 0.679. The summed E-state index contributed by atoms with van der Waals surface area (Å²) >= 11 is 0. The maximum absolute atomic E-state index is 11.9. The second kappa shape index (κ2) is 6.09. The maximum atomic E-state index is 11.9. The smallest absolute Gasteiger partial charge is 0.360 e. The normalized spacial score (nSPS) is 11.7. The molecule has 0 bridgehead atoms. The van der Waals surface area contributed by atoms with Gasteiger partial charge in [-0.3, -0.25) is 4.72 Å². The third-order valence-electron chi connectivity index (χ3n) is 2.92. The summed E-state index contributed by atoms with van der Waals surface area (Å²) in [6.07, 6.45) is 2.35. The summed E-state index contributed by atoms with van der Waals surface area (Å²) in [4.78, 5) is 11.7. The molecule has 20 heavy (non-hydrogen) atoms. The quantitative estimate of drug-likeness (QED) is 0.656. The van der Waals surface area contributed by atoms with Crippen LogP contribution in [0.1, 0.15) is 26.2 Å². The molecule has 108 valence electrons. The van der Waals surface area contributed by atoms with Crippen LogP contribution >= 0.6 is 0 Å². The molecule has 2 rings (SSSR count). The van der Waals surface area contributed by atoms with Gasteiger partial charge in [-0.25, -0.2) is 13.2 Å². The van der Waals surface area contributed by atoms with Gasteiger partial charge in [0.1, 0.15) is 11.3 Å². The van der Waals surface area contributed by atoms with Crippen molar-refractivity contribution < 1.29 is 12.8 Å². The zero-order valence-corrected chi connectivity index (χ0v) is 12.1. The van der Waals surface area contributed by atoms with E-state index in [2.05, 4.69) is 4.72 Å². The lowest BCUT2D eigenvalue weighted by atomic mass is 10.2. The minimum Gasteiger partial charge on any atom is -0.421 e. The Hall–Kier alpha value is -1.82. The molecule has 0 saturated heterocycles. The van der Waals surface area contributed by atoms with E-state index < -0.39 is 15.6 Å². The van der Waals surface area contributed by atoms with Crippen LogP contribution in [0, 0.1) is 0 Å². The second-order valence-corrected chi connectivity index (χ2v) is 6.46. The van der Waals surface area contributed by atoms with Gasteiger partial charge < -0.3 is 4.42 Å². The molecule has 0 radical (unpaired) electrons. The SMILES string of the molecule is CCCCCS(=O)(=O)Nc1cc2ccccc2oc1=O. The van der Waals surface area contributed by atoms with Crippen LogP contribution in [-0.2, 0) is 10.0 Å². The molecule has 0 spiro atoms. The minimum atomic E-state index is -3.51. The van der Waals surface area contributed by atoms with Crippen molar-refractivity contribution in [2.45, 2.75) is 26.2 Å². The highest BCUT2D eigenvalue weighted by Crippen LogP contribution is 2.16. The molecule has 1 aromatic heterocycles. The Labute approximate surface area is 117 Å². The summed E-state index contributed by atoms with van der Waals surface area (Å²) in [6, 6.07) is 8.46. The summed E-state index contributed by atoms with van der Waals surface area (Å²) in [5.74, 6) is 0.00705. The first kappa shape index (κ1) is 14.6. The van der Waals surface area contributed by atoms with Crippen LogP contribution in [0.25, 0.3) is 11.0 Å². The average molecular weight is 295 g/mol. The van der Waals surface area contributed by atoms with Gasteiger partial charge in [0.15, 0.2) is 0 Å². The van der Waals surface area contributed by atoms with Crippen molar-refractivity contribution in [3.05, 3.63) is 40.8 Å². The van der Waals surface area contributed by atoms with Gasteiger partial charge in [-0.1, -0.05) is 38.0 Å². The number of unbranched alkanes of at least 4 members (excludes halogenated alkanes) is 2. The molecule has 0 aliphatic rings. The van der Waals surface area contributed by atoms with E-state index in [1.807, 2.05) is 6.92 Å². The number of nitrogens with one attached hydrogen (secondary N) is 1. The van der Waals surface area contributed by atoms with Crippen LogP contribution in [-0.4, -0.2) is 14.2 Å². The molecule has 0 aliphatic heterocycles. The Kier molecular flexibility index (Phi) is 4.44. The number of benzene rings is 1. The lowest BCUT2D eigenvalue weighted by molar-refractivity contribution is 0.562. The topological polar surface area (TPSA) is 76.4 Å². The molecular weight excluding hydrogens is 278 g/mol. The molecule has 1 aromatic carbocycles. The van der Waals surface area contributed by atoms with Crippen molar-refractivity contribution in [1.29, 1.82) is 0 Å². The van der Waals surface area contributed by atoms with Crippen molar-refractivity contribution in [3.63, 3.8) is 0 Å². The Morgan fingerprint density at radius 2 is 1.95 bits per heavy atom. The molecular formula is C14H17NO4S. The fraction of sp³-hybridized carbons (Fsp3) is 0.357. The summed E-state index contributed by atoms with van der Waals surface area (Å²) in [5.41, 5.74) is -0.283. The van der Waals surface area contributed by atoms with Crippen LogP contribution in [0.4, 0.5) is 5.69 Å². The fourth-order valence-electron chi connectivity index (χ4n) is 1.89. The predicted octanol–water partition coefficient (Wildman–Crippen LogP) is 2.72. The molecule has 0 saturated carbocycles. The molecule has 0 atom stereocenters. The van der Waals surface area contributed by atoms with Gasteiger partial charge in [0, 0.05) is 5.39 Å². The van der Waals surface area contributed by atoms with Crippen molar-refractivity contribution in [2.75, 3.05) is 10.5 Å². The third-order valence-corrected chi connectivity index (χ3v) is 4.28. The zero-order chi connectivity index (χ0) is 14.6. The number of hydrogen-bond acceptors (Lipinski definition) is 4. The molecule has 1 heterocycles. The average Bonchev–Trinajstić information content (AvgIpc) is 2.39.